The van der Waals surface area contributed by atoms with Gasteiger partial charge in [0, 0.05) is 17.3 Å². The van der Waals surface area contributed by atoms with E-state index in [4.69, 9.17) is 9.47 Å². The normalized spacial score (nSPS) is 18.9. The summed E-state index contributed by atoms with van der Waals surface area (Å²) < 4.78 is 38.7. The first-order valence-corrected chi connectivity index (χ1v) is 10.6. The molecule has 0 bridgehead atoms. The first kappa shape index (κ1) is 21.6. The molecule has 172 valence electrons. The highest BCUT2D eigenvalue weighted by molar-refractivity contribution is 6.51. The number of carbonyl (C=O) groups is 2. The SMILES string of the molecule is Cc1ccccc1C1/C(=C(\O)c2ccc3c(c2)OCCO3)C(=O)C(=O)N1c1ccc(F)c(F)c1. The van der Waals surface area contributed by atoms with Crippen LogP contribution in [0.4, 0.5) is 14.5 Å². The summed E-state index contributed by atoms with van der Waals surface area (Å²) in [6.07, 6.45) is 0. The maximum atomic E-state index is 14.1. The molecule has 0 aliphatic carbocycles. The Labute approximate surface area is 193 Å². The maximum absolute atomic E-state index is 14.1. The van der Waals surface area contributed by atoms with Crippen molar-refractivity contribution in [1.82, 2.24) is 0 Å². The number of ether oxygens (including phenoxy) is 2. The Morgan fingerprint density at radius 2 is 1.68 bits per heavy atom. The maximum Gasteiger partial charge on any atom is 0.300 e. The van der Waals surface area contributed by atoms with E-state index in [1.54, 1.807) is 43.3 Å². The van der Waals surface area contributed by atoms with Crippen LogP contribution in [0.25, 0.3) is 5.76 Å². The molecule has 3 aromatic rings. The van der Waals surface area contributed by atoms with E-state index in [1.807, 2.05) is 0 Å². The molecule has 0 spiro atoms. The van der Waals surface area contributed by atoms with Crippen molar-refractivity contribution < 1.29 is 33.0 Å². The molecule has 1 atom stereocenters. The Hall–Kier alpha value is -4.20. The molecule has 34 heavy (non-hydrogen) atoms. The molecule has 1 fully saturated rings. The van der Waals surface area contributed by atoms with Crippen molar-refractivity contribution in [3.63, 3.8) is 0 Å². The molecule has 0 radical (unpaired) electrons. The second kappa shape index (κ2) is 8.30. The topological polar surface area (TPSA) is 76.1 Å². The molecule has 1 N–H and O–H groups in total. The van der Waals surface area contributed by atoms with E-state index in [0.29, 0.717) is 30.3 Å². The van der Waals surface area contributed by atoms with Gasteiger partial charge in [0.05, 0.1) is 11.6 Å². The molecule has 0 saturated carbocycles. The minimum atomic E-state index is -1.16. The second-order valence-electron chi connectivity index (χ2n) is 7.98. The zero-order chi connectivity index (χ0) is 24.0. The van der Waals surface area contributed by atoms with Gasteiger partial charge in [-0.3, -0.25) is 14.5 Å². The third-order valence-corrected chi connectivity index (χ3v) is 5.92. The first-order chi connectivity index (χ1) is 16.4. The van der Waals surface area contributed by atoms with Crippen molar-refractivity contribution in [2.45, 2.75) is 13.0 Å². The van der Waals surface area contributed by atoms with Gasteiger partial charge >= 0.3 is 0 Å². The molecule has 2 aliphatic heterocycles. The zero-order valence-corrected chi connectivity index (χ0v) is 18.0. The number of hydrogen-bond acceptors (Lipinski definition) is 5. The fraction of sp³-hybridized carbons (Fsp3) is 0.154. The van der Waals surface area contributed by atoms with E-state index < -0.39 is 35.1 Å². The molecule has 1 amide bonds. The number of aryl methyl sites for hydroxylation is 1. The van der Waals surface area contributed by atoms with Crippen LogP contribution in [0.1, 0.15) is 22.7 Å². The second-order valence-corrected chi connectivity index (χ2v) is 7.98. The van der Waals surface area contributed by atoms with Crippen LogP contribution in [0, 0.1) is 18.6 Å². The number of aliphatic hydroxyl groups is 1. The van der Waals surface area contributed by atoms with Crippen LogP contribution in [0.15, 0.2) is 66.2 Å². The minimum Gasteiger partial charge on any atom is -0.507 e. The van der Waals surface area contributed by atoms with Crippen LogP contribution in [0.2, 0.25) is 0 Å². The molecule has 2 aliphatic rings. The molecule has 6 nitrogen and oxygen atoms in total. The monoisotopic (exact) mass is 463 g/mol. The number of fused-ring (bicyclic) bond motifs is 1. The fourth-order valence-corrected chi connectivity index (χ4v) is 4.27. The van der Waals surface area contributed by atoms with Crippen LogP contribution in [-0.4, -0.2) is 30.0 Å². The highest BCUT2D eigenvalue weighted by atomic mass is 19.2. The number of aliphatic hydroxyl groups excluding tert-OH is 1. The lowest BCUT2D eigenvalue weighted by molar-refractivity contribution is -0.132. The molecule has 8 heteroatoms. The third-order valence-electron chi connectivity index (χ3n) is 5.92. The van der Waals surface area contributed by atoms with Crippen LogP contribution in [-0.2, 0) is 9.59 Å². The molecular weight excluding hydrogens is 444 g/mol. The van der Waals surface area contributed by atoms with Crippen LogP contribution >= 0.6 is 0 Å². The summed E-state index contributed by atoms with van der Waals surface area (Å²) in [4.78, 5) is 27.4. The average Bonchev–Trinajstić information content (AvgIpc) is 3.10. The number of amides is 1. The van der Waals surface area contributed by atoms with Gasteiger partial charge in [-0.15, -0.1) is 0 Å². The molecule has 3 aromatic carbocycles. The number of benzene rings is 3. The number of nitrogens with zero attached hydrogens (tertiary/aromatic N) is 1. The van der Waals surface area contributed by atoms with Gasteiger partial charge in [0.1, 0.15) is 19.0 Å². The first-order valence-electron chi connectivity index (χ1n) is 10.6. The van der Waals surface area contributed by atoms with Gasteiger partial charge in [0.25, 0.3) is 11.7 Å². The zero-order valence-electron chi connectivity index (χ0n) is 18.0. The summed E-state index contributed by atoms with van der Waals surface area (Å²) in [7, 11) is 0. The number of anilines is 1. The molecule has 2 heterocycles. The Balaban J connectivity index is 1.72. The number of rotatable bonds is 3. The van der Waals surface area contributed by atoms with Gasteiger partial charge in [0.15, 0.2) is 23.1 Å². The van der Waals surface area contributed by atoms with Crippen LogP contribution < -0.4 is 14.4 Å². The Morgan fingerprint density at radius 3 is 2.41 bits per heavy atom. The van der Waals surface area contributed by atoms with Crippen molar-refractivity contribution in [3.05, 3.63) is 94.6 Å². The van der Waals surface area contributed by atoms with Gasteiger partial charge in [-0.2, -0.15) is 0 Å². The van der Waals surface area contributed by atoms with Gasteiger partial charge < -0.3 is 14.6 Å². The number of Topliss-reactive ketones (excluding diaryl/α,β-unsaturated/α-hetero) is 1. The van der Waals surface area contributed by atoms with E-state index in [9.17, 15) is 23.5 Å². The molecule has 5 rings (SSSR count). The Morgan fingerprint density at radius 1 is 0.941 bits per heavy atom. The van der Waals surface area contributed by atoms with E-state index in [-0.39, 0.29) is 16.8 Å². The smallest absolute Gasteiger partial charge is 0.300 e. The summed E-state index contributed by atoms with van der Waals surface area (Å²) >= 11 is 0. The summed E-state index contributed by atoms with van der Waals surface area (Å²) in [6.45, 7) is 2.52. The Bertz CT molecular complexity index is 1370. The van der Waals surface area contributed by atoms with Crippen LogP contribution in [0.5, 0.6) is 11.5 Å². The lowest BCUT2D eigenvalue weighted by Gasteiger charge is -2.27. The van der Waals surface area contributed by atoms with Crippen molar-refractivity contribution >= 4 is 23.1 Å². The average molecular weight is 463 g/mol. The van der Waals surface area contributed by atoms with Gasteiger partial charge in [-0.1, -0.05) is 24.3 Å². The predicted molar refractivity (Wildman–Crippen MR) is 120 cm³/mol. The molecule has 0 aromatic heterocycles. The third kappa shape index (κ3) is 3.48. The van der Waals surface area contributed by atoms with Gasteiger partial charge in [0.2, 0.25) is 0 Å². The predicted octanol–water partition coefficient (Wildman–Crippen LogP) is 4.67. The lowest BCUT2D eigenvalue weighted by atomic mass is 9.92. The molecule has 1 saturated heterocycles. The highest BCUT2D eigenvalue weighted by Crippen LogP contribution is 2.44. The summed E-state index contributed by atoms with van der Waals surface area (Å²) in [5.74, 6) is -3.64. The van der Waals surface area contributed by atoms with Crippen molar-refractivity contribution in [2.75, 3.05) is 18.1 Å². The Kier molecular flexibility index (Phi) is 5.28. The summed E-state index contributed by atoms with van der Waals surface area (Å²) in [5.41, 5.74) is 1.39. The fourth-order valence-electron chi connectivity index (χ4n) is 4.27. The number of carbonyl (C=O) groups excluding carboxylic acids is 2. The highest BCUT2D eigenvalue weighted by Gasteiger charge is 2.47. The van der Waals surface area contributed by atoms with E-state index >= 15 is 0 Å². The number of hydrogen-bond donors (Lipinski definition) is 1. The van der Waals surface area contributed by atoms with Gasteiger partial charge in [-0.05, 0) is 48.4 Å². The quantitative estimate of drug-likeness (QED) is 0.347. The summed E-state index contributed by atoms with van der Waals surface area (Å²) in [5, 5.41) is 11.2. The standard InChI is InChI=1S/C26H19F2NO5/c1-14-4-2-3-5-17(14)23-22(24(30)15-6-9-20-21(12-15)34-11-10-33-20)25(31)26(32)29(23)16-7-8-18(27)19(28)13-16/h2-9,12-13,23,30H,10-11H2,1H3/b24-22+. The lowest BCUT2D eigenvalue weighted by Crippen LogP contribution is -2.30. The largest absolute Gasteiger partial charge is 0.507 e. The van der Waals surface area contributed by atoms with E-state index in [1.165, 1.54) is 12.1 Å². The van der Waals surface area contributed by atoms with E-state index in [2.05, 4.69) is 0 Å². The van der Waals surface area contributed by atoms with E-state index in [0.717, 1.165) is 22.6 Å². The van der Waals surface area contributed by atoms with Crippen LogP contribution in [0.3, 0.4) is 0 Å². The van der Waals surface area contributed by atoms with Gasteiger partial charge in [-0.25, -0.2) is 8.78 Å². The number of halogens is 2. The molecule has 1 unspecified atom stereocenters. The molecular formula is C26H19F2NO5. The van der Waals surface area contributed by atoms with Crippen molar-refractivity contribution in [2.24, 2.45) is 0 Å². The van der Waals surface area contributed by atoms with Crippen molar-refractivity contribution in [3.8, 4) is 11.5 Å². The van der Waals surface area contributed by atoms with Crippen molar-refractivity contribution in [1.29, 1.82) is 0 Å². The number of ketones is 1. The minimum absolute atomic E-state index is 0.00419. The summed E-state index contributed by atoms with van der Waals surface area (Å²) in [6, 6.07) is 13.7.